The fourth-order valence-electron chi connectivity index (χ4n) is 2.40. The molecule has 1 aromatic carbocycles. The minimum Gasteiger partial charge on any atom is -0.325 e. The molecule has 1 saturated heterocycles. The number of carbonyl (C=O) groups excluding carboxylic acids is 1. The van der Waals surface area contributed by atoms with E-state index in [0.29, 0.717) is 12.6 Å². The number of aryl methyl sites for hydroxylation is 1. The zero-order valence-electron chi connectivity index (χ0n) is 11.8. The van der Waals surface area contributed by atoms with E-state index in [9.17, 15) is 4.79 Å². The van der Waals surface area contributed by atoms with Crippen molar-refractivity contribution in [2.45, 2.75) is 25.8 Å². The van der Waals surface area contributed by atoms with Crippen molar-refractivity contribution >= 4 is 11.6 Å². The van der Waals surface area contributed by atoms with Gasteiger partial charge >= 0.3 is 0 Å². The molecule has 1 heterocycles. The quantitative estimate of drug-likeness (QED) is 0.844. The van der Waals surface area contributed by atoms with Crippen LogP contribution in [0, 0.1) is 0 Å². The average molecular weight is 261 g/mol. The lowest BCUT2D eigenvalue weighted by molar-refractivity contribution is -0.117. The number of likely N-dealkylation sites (N-methyl/N-ethyl adjacent to an activating group) is 1. The summed E-state index contributed by atoms with van der Waals surface area (Å²) in [4.78, 5) is 14.1. The van der Waals surface area contributed by atoms with Gasteiger partial charge in [-0.3, -0.25) is 9.69 Å². The minimum absolute atomic E-state index is 0.0543. The van der Waals surface area contributed by atoms with Crippen molar-refractivity contribution in [1.82, 2.24) is 10.2 Å². The molecular formula is C15H23N3O. The minimum atomic E-state index is 0.0543. The van der Waals surface area contributed by atoms with Crippen molar-refractivity contribution in [3.63, 3.8) is 0 Å². The van der Waals surface area contributed by atoms with Gasteiger partial charge in [-0.15, -0.1) is 0 Å². The highest BCUT2D eigenvalue weighted by Gasteiger charge is 2.20. The molecule has 4 nitrogen and oxygen atoms in total. The fraction of sp³-hybridized carbons (Fsp3) is 0.533. The molecule has 1 fully saturated rings. The predicted molar refractivity (Wildman–Crippen MR) is 78.4 cm³/mol. The number of anilines is 1. The van der Waals surface area contributed by atoms with Gasteiger partial charge < -0.3 is 10.6 Å². The molecule has 1 unspecified atom stereocenters. The Labute approximate surface area is 115 Å². The Bertz CT molecular complexity index is 410. The summed E-state index contributed by atoms with van der Waals surface area (Å²) in [6.07, 6.45) is 2.14. The highest BCUT2D eigenvalue weighted by Crippen LogP contribution is 2.11. The van der Waals surface area contributed by atoms with Crippen LogP contribution >= 0.6 is 0 Å². The molecule has 4 heteroatoms. The number of benzene rings is 1. The van der Waals surface area contributed by atoms with Crippen molar-refractivity contribution in [1.29, 1.82) is 0 Å². The van der Waals surface area contributed by atoms with Crippen LogP contribution in [0.4, 0.5) is 5.69 Å². The second kappa shape index (κ2) is 6.68. The second-order valence-electron chi connectivity index (χ2n) is 5.16. The van der Waals surface area contributed by atoms with Crippen LogP contribution in [0.1, 0.15) is 18.9 Å². The molecule has 19 heavy (non-hydrogen) atoms. The molecule has 1 aliphatic heterocycles. The average Bonchev–Trinajstić information content (AvgIpc) is 2.93. The van der Waals surface area contributed by atoms with Crippen molar-refractivity contribution < 1.29 is 4.79 Å². The molecule has 0 bridgehead atoms. The van der Waals surface area contributed by atoms with Gasteiger partial charge in [-0.05, 0) is 44.1 Å². The van der Waals surface area contributed by atoms with Crippen LogP contribution in [-0.4, -0.2) is 43.5 Å². The summed E-state index contributed by atoms with van der Waals surface area (Å²) in [7, 11) is 2.01. The van der Waals surface area contributed by atoms with Crippen molar-refractivity contribution in [2.75, 3.05) is 32.0 Å². The maximum atomic E-state index is 12.0. The third-order valence-corrected chi connectivity index (χ3v) is 3.70. The summed E-state index contributed by atoms with van der Waals surface area (Å²) in [5, 5.41) is 6.26. The van der Waals surface area contributed by atoms with Crippen molar-refractivity contribution in [2.24, 2.45) is 0 Å². The molecular weight excluding hydrogens is 238 g/mol. The fourth-order valence-corrected chi connectivity index (χ4v) is 2.40. The first-order valence-corrected chi connectivity index (χ1v) is 6.98. The van der Waals surface area contributed by atoms with Crippen LogP contribution in [0.25, 0.3) is 0 Å². The van der Waals surface area contributed by atoms with Gasteiger partial charge in [-0.1, -0.05) is 19.1 Å². The van der Waals surface area contributed by atoms with Crippen LogP contribution in [0.15, 0.2) is 24.3 Å². The maximum Gasteiger partial charge on any atom is 0.238 e. The summed E-state index contributed by atoms with van der Waals surface area (Å²) in [5.41, 5.74) is 2.16. The Morgan fingerprint density at radius 3 is 2.74 bits per heavy atom. The van der Waals surface area contributed by atoms with Gasteiger partial charge in [0.1, 0.15) is 0 Å². The molecule has 0 aliphatic carbocycles. The van der Waals surface area contributed by atoms with Gasteiger partial charge in [0.15, 0.2) is 0 Å². The Hall–Kier alpha value is -1.39. The van der Waals surface area contributed by atoms with Crippen molar-refractivity contribution in [3.8, 4) is 0 Å². The lowest BCUT2D eigenvalue weighted by atomic mass is 10.1. The Morgan fingerprint density at radius 2 is 2.16 bits per heavy atom. The lowest BCUT2D eigenvalue weighted by Gasteiger charge is -2.22. The maximum absolute atomic E-state index is 12.0. The zero-order chi connectivity index (χ0) is 13.7. The van der Waals surface area contributed by atoms with E-state index in [0.717, 1.165) is 31.6 Å². The highest BCUT2D eigenvalue weighted by atomic mass is 16.2. The molecule has 1 aliphatic rings. The Morgan fingerprint density at radius 1 is 1.42 bits per heavy atom. The van der Waals surface area contributed by atoms with Gasteiger partial charge in [-0.2, -0.15) is 0 Å². The first-order chi connectivity index (χ1) is 9.19. The number of hydrogen-bond donors (Lipinski definition) is 2. The monoisotopic (exact) mass is 261 g/mol. The van der Waals surface area contributed by atoms with Gasteiger partial charge in [0.25, 0.3) is 0 Å². The third-order valence-electron chi connectivity index (χ3n) is 3.70. The number of nitrogens with one attached hydrogen (secondary N) is 2. The van der Waals surface area contributed by atoms with Crippen LogP contribution in [-0.2, 0) is 11.2 Å². The zero-order valence-corrected chi connectivity index (χ0v) is 11.8. The molecule has 104 valence electrons. The van der Waals surface area contributed by atoms with E-state index < -0.39 is 0 Å². The van der Waals surface area contributed by atoms with E-state index in [-0.39, 0.29) is 5.91 Å². The molecule has 2 N–H and O–H groups in total. The third kappa shape index (κ3) is 4.04. The second-order valence-corrected chi connectivity index (χ2v) is 5.16. The number of amides is 1. The molecule has 0 radical (unpaired) electrons. The molecule has 1 amide bonds. The summed E-state index contributed by atoms with van der Waals surface area (Å²) >= 11 is 0. The standard InChI is InChI=1S/C15H23N3O/c1-3-12-4-6-13(7-5-12)17-15(19)11-18(2)14-8-9-16-10-14/h4-7,14,16H,3,8-11H2,1-2H3,(H,17,19). The Balaban J connectivity index is 1.82. The Kier molecular flexibility index (Phi) is 4.93. The van der Waals surface area contributed by atoms with E-state index in [1.165, 1.54) is 5.56 Å². The number of carbonyl (C=O) groups is 1. The number of rotatable bonds is 5. The van der Waals surface area contributed by atoms with E-state index >= 15 is 0 Å². The van der Waals surface area contributed by atoms with Gasteiger partial charge in [-0.25, -0.2) is 0 Å². The van der Waals surface area contributed by atoms with E-state index in [4.69, 9.17) is 0 Å². The molecule has 0 spiro atoms. The first kappa shape index (κ1) is 14.0. The summed E-state index contributed by atoms with van der Waals surface area (Å²) < 4.78 is 0. The van der Waals surface area contributed by atoms with Crippen molar-refractivity contribution in [3.05, 3.63) is 29.8 Å². The van der Waals surface area contributed by atoms with Crippen LogP contribution < -0.4 is 10.6 Å². The summed E-state index contributed by atoms with van der Waals surface area (Å²) in [6.45, 7) is 4.60. The smallest absolute Gasteiger partial charge is 0.238 e. The molecule has 2 rings (SSSR count). The molecule has 1 atom stereocenters. The highest BCUT2D eigenvalue weighted by molar-refractivity contribution is 5.92. The lowest BCUT2D eigenvalue weighted by Crippen LogP contribution is -2.39. The summed E-state index contributed by atoms with van der Waals surface area (Å²) in [5.74, 6) is 0.0543. The van der Waals surface area contributed by atoms with Gasteiger partial charge in [0.2, 0.25) is 5.91 Å². The molecule has 1 aromatic rings. The van der Waals surface area contributed by atoms with E-state index in [1.54, 1.807) is 0 Å². The SMILES string of the molecule is CCc1ccc(NC(=O)CN(C)C2CCNC2)cc1. The predicted octanol–water partition coefficient (Wildman–Crippen LogP) is 1.48. The summed E-state index contributed by atoms with van der Waals surface area (Å²) in [6, 6.07) is 8.52. The largest absolute Gasteiger partial charge is 0.325 e. The molecule has 0 saturated carbocycles. The normalized spacial score (nSPS) is 18.8. The molecule has 0 aromatic heterocycles. The van der Waals surface area contributed by atoms with Crippen LogP contribution in [0.5, 0.6) is 0 Å². The van der Waals surface area contributed by atoms with E-state index in [1.807, 2.05) is 19.2 Å². The van der Waals surface area contributed by atoms with Gasteiger partial charge in [0, 0.05) is 18.3 Å². The number of hydrogen-bond acceptors (Lipinski definition) is 3. The van der Waals surface area contributed by atoms with Gasteiger partial charge in [0.05, 0.1) is 6.54 Å². The van der Waals surface area contributed by atoms with Crippen LogP contribution in [0.3, 0.4) is 0 Å². The van der Waals surface area contributed by atoms with Crippen LogP contribution in [0.2, 0.25) is 0 Å². The number of nitrogens with zero attached hydrogens (tertiary/aromatic N) is 1. The topological polar surface area (TPSA) is 44.4 Å². The van der Waals surface area contributed by atoms with E-state index in [2.05, 4.69) is 34.6 Å². The first-order valence-electron chi connectivity index (χ1n) is 6.98.